The Hall–Kier alpha value is -2.21. The van der Waals surface area contributed by atoms with Crippen LogP contribution in [0.4, 0.5) is 24.5 Å². The first-order valence-corrected chi connectivity index (χ1v) is 9.83. The van der Waals surface area contributed by atoms with Crippen molar-refractivity contribution in [2.75, 3.05) is 36.9 Å². The molecule has 0 aliphatic carbocycles. The van der Waals surface area contributed by atoms with Crippen LogP contribution in [0.15, 0.2) is 42.5 Å². The second-order valence-electron chi connectivity index (χ2n) is 7.93. The van der Waals surface area contributed by atoms with Crippen molar-refractivity contribution in [2.45, 2.75) is 37.4 Å². The molecule has 28 heavy (non-hydrogen) atoms. The lowest BCUT2D eigenvalue weighted by atomic mass is 9.89. The van der Waals surface area contributed by atoms with Crippen molar-refractivity contribution in [2.24, 2.45) is 0 Å². The van der Waals surface area contributed by atoms with Gasteiger partial charge in [-0.3, -0.25) is 0 Å². The average Bonchev–Trinajstić information content (AvgIpc) is 2.98. The van der Waals surface area contributed by atoms with Gasteiger partial charge in [-0.15, -0.1) is 0 Å². The van der Waals surface area contributed by atoms with Gasteiger partial charge >= 0.3 is 6.18 Å². The first-order valence-electron chi connectivity index (χ1n) is 9.83. The Kier molecular flexibility index (Phi) is 5.00. The van der Waals surface area contributed by atoms with E-state index in [0.29, 0.717) is 17.9 Å². The van der Waals surface area contributed by atoms with E-state index in [9.17, 15) is 13.2 Å². The Morgan fingerprint density at radius 1 is 1.21 bits per heavy atom. The minimum atomic E-state index is -4.37. The number of hydrogen-bond acceptors (Lipinski definition) is 3. The Morgan fingerprint density at radius 2 is 1.96 bits per heavy atom. The number of nitrogens with one attached hydrogen (secondary N) is 2. The molecule has 2 aliphatic rings. The standard InChI is InChI=1S/C22H26F3N3/c1-14(15-6-4-3-5-7-15)12-27-16-10-17-18-13-26-9-8-20(18)28(2)21(17)19(11-16)22(23,24)25/h3-7,10-11,14,18,20,26-27H,8-9,12-13H2,1-2H3. The van der Waals surface area contributed by atoms with Crippen molar-refractivity contribution < 1.29 is 13.2 Å². The molecule has 0 amide bonds. The van der Waals surface area contributed by atoms with E-state index in [1.54, 1.807) is 7.05 Å². The third-order valence-corrected chi connectivity index (χ3v) is 6.12. The second-order valence-corrected chi connectivity index (χ2v) is 7.93. The summed E-state index contributed by atoms with van der Waals surface area (Å²) < 4.78 is 41.6. The fourth-order valence-electron chi connectivity index (χ4n) is 4.61. The number of benzene rings is 2. The van der Waals surface area contributed by atoms with Crippen LogP contribution in [-0.2, 0) is 6.18 Å². The van der Waals surface area contributed by atoms with Crippen LogP contribution in [0.1, 0.15) is 41.9 Å². The summed E-state index contributed by atoms with van der Waals surface area (Å²) in [7, 11) is 1.80. The van der Waals surface area contributed by atoms with Crippen molar-refractivity contribution in [1.82, 2.24) is 5.32 Å². The zero-order valence-electron chi connectivity index (χ0n) is 16.2. The van der Waals surface area contributed by atoms with Gasteiger partial charge in [0.25, 0.3) is 0 Å². The van der Waals surface area contributed by atoms with E-state index in [1.807, 2.05) is 41.3 Å². The topological polar surface area (TPSA) is 27.3 Å². The fourth-order valence-corrected chi connectivity index (χ4v) is 4.61. The van der Waals surface area contributed by atoms with Gasteiger partial charge in [-0.05, 0) is 42.1 Å². The normalized spacial score (nSPS) is 22.5. The molecule has 3 unspecified atom stereocenters. The Labute approximate surface area is 163 Å². The highest BCUT2D eigenvalue weighted by Gasteiger charge is 2.45. The maximum Gasteiger partial charge on any atom is 0.418 e. The van der Waals surface area contributed by atoms with Gasteiger partial charge in [-0.2, -0.15) is 13.2 Å². The molecule has 0 radical (unpaired) electrons. The number of alkyl halides is 3. The number of hydrogen-bond donors (Lipinski definition) is 2. The molecule has 3 atom stereocenters. The molecule has 3 nitrogen and oxygen atoms in total. The molecule has 2 N–H and O–H groups in total. The minimum Gasteiger partial charge on any atom is -0.384 e. The van der Waals surface area contributed by atoms with Crippen LogP contribution in [0.25, 0.3) is 0 Å². The third-order valence-electron chi connectivity index (χ3n) is 6.12. The Balaban J connectivity index is 1.64. The molecular weight excluding hydrogens is 363 g/mol. The van der Waals surface area contributed by atoms with Crippen molar-refractivity contribution in [3.63, 3.8) is 0 Å². The number of anilines is 2. The summed E-state index contributed by atoms with van der Waals surface area (Å²) >= 11 is 0. The Bertz CT molecular complexity index is 835. The van der Waals surface area contributed by atoms with Gasteiger partial charge in [0.2, 0.25) is 0 Å². The van der Waals surface area contributed by atoms with Gasteiger partial charge in [0.15, 0.2) is 0 Å². The molecule has 0 bridgehead atoms. The quantitative estimate of drug-likeness (QED) is 0.785. The molecule has 0 saturated carbocycles. The molecule has 0 spiro atoms. The van der Waals surface area contributed by atoms with E-state index < -0.39 is 11.7 Å². The van der Waals surface area contributed by atoms with E-state index >= 15 is 0 Å². The van der Waals surface area contributed by atoms with Gasteiger partial charge in [-0.25, -0.2) is 0 Å². The molecular formula is C22H26F3N3. The van der Waals surface area contributed by atoms with Crippen LogP contribution < -0.4 is 15.5 Å². The summed E-state index contributed by atoms with van der Waals surface area (Å²) in [6, 6.07) is 13.4. The maximum atomic E-state index is 13.9. The zero-order valence-corrected chi connectivity index (χ0v) is 16.2. The SMILES string of the molecule is CC(CNc1cc2c(c(C(F)(F)F)c1)N(C)C1CCNCC21)c1ccccc1. The van der Waals surface area contributed by atoms with Crippen LogP contribution >= 0.6 is 0 Å². The number of nitrogens with zero attached hydrogens (tertiary/aromatic N) is 1. The summed E-state index contributed by atoms with van der Waals surface area (Å²) in [5.41, 5.74) is 2.35. The number of rotatable bonds is 4. The van der Waals surface area contributed by atoms with Crippen molar-refractivity contribution in [3.8, 4) is 0 Å². The molecule has 2 aliphatic heterocycles. The van der Waals surface area contributed by atoms with Crippen LogP contribution in [0, 0.1) is 0 Å². The van der Waals surface area contributed by atoms with Crippen LogP contribution in [-0.4, -0.2) is 32.7 Å². The number of likely N-dealkylation sites (N-methyl/N-ethyl adjacent to an activating group) is 1. The summed E-state index contributed by atoms with van der Waals surface area (Å²) in [5.74, 6) is 0.304. The molecule has 2 heterocycles. The highest BCUT2D eigenvalue weighted by atomic mass is 19.4. The van der Waals surface area contributed by atoms with Crippen molar-refractivity contribution in [1.29, 1.82) is 0 Å². The first-order chi connectivity index (χ1) is 13.4. The predicted octanol–water partition coefficient (Wildman–Crippen LogP) is 4.82. The summed E-state index contributed by atoms with van der Waals surface area (Å²) in [6.07, 6.45) is -3.51. The molecule has 2 aromatic carbocycles. The van der Waals surface area contributed by atoms with E-state index in [2.05, 4.69) is 17.6 Å². The minimum absolute atomic E-state index is 0.100. The molecule has 150 valence electrons. The van der Waals surface area contributed by atoms with Gasteiger partial charge < -0.3 is 15.5 Å². The largest absolute Gasteiger partial charge is 0.418 e. The highest BCUT2D eigenvalue weighted by Crippen LogP contribution is 2.50. The van der Waals surface area contributed by atoms with Crippen LogP contribution in [0.3, 0.4) is 0 Å². The van der Waals surface area contributed by atoms with Crippen LogP contribution in [0.5, 0.6) is 0 Å². The number of fused-ring (bicyclic) bond motifs is 3. The van der Waals surface area contributed by atoms with Gasteiger partial charge in [0.1, 0.15) is 0 Å². The Morgan fingerprint density at radius 3 is 2.68 bits per heavy atom. The summed E-state index contributed by atoms with van der Waals surface area (Å²) in [4.78, 5) is 1.85. The average molecular weight is 389 g/mol. The monoisotopic (exact) mass is 389 g/mol. The molecule has 0 aromatic heterocycles. The zero-order chi connectivity index (χ0) is 19.9. The summed E-state index contributed by atoms with van der Waals surface area (Å²) in [5, 5.41) is 6.60. The van der Waals surface area contributed by atoms with Gasteiger partial charge in [0, 0.05) is 37.8 Å². The predicted molar refractivity (Wildman–Crippen MR) is 107 cm³/mol. The lowest BCUT2D eigenvalue weighted by molar-refractivity contribution is -0.137. The van der Waals surface area contributed by atoms with E-state index in [4.69, 9.17) is 0 Å². The molecule has 1 saturated heterocycles. The van der Waals surface area contributed by atoms with E-state index in [-0.39, 0.29) is 17.9 Å². The van der Waals surface area contributed by atoms with Crippen molar-refractivity contribution in [3.05, 3.63) is 59.2 Å². The molecule has 2 aromatic rings. The van der Waals surface area contributed by atoms with E-state index in [0.717, 1.165) is 25.1 Å². The first kappa shape index (κ1) is 19.1. The molecule has 6 heteroatoms. The third kappa shape index (κ3) is 3.46. The van der Waals surface area contributed by atoms with Crippen molar-refractivity contribution >= 4 is 11.4 Å². The number of halogens is 3. The number of piperidine rings is 1. The lowest BCUT2D eigenvalue weighted by Gasteiger charge is -2.31. The lowest BCUT2D eigenvalue weighted by Crippen LogP contribution is -2.42. The van der Waals surface area contributed by atoms with Gasteiger partial charge in [0.05, 0.1) is 11.3 Å². The fraction of sp³-hybridized carbons (Fsp3) is 0.455. The maximum absolute atomic E-state index is 13.9. The molecule has 4 rings (SSSR count). The summed E-state index contributed by atoms with van der Waals surface area (Å²) in [6.45, 7) is 4.24. The van der Waals surface area contributed by atoms with E-state index in [1.165, 1.54) is 11.6 Å². The molecule has 1 fully saturated rings. The van der Waals surface area contributed by atoms with Gasteiger partial charge in [-0.1, -0.05) is 37.3 Å². The highest BCUT2D eigenvalue weighted by molar-refractivity contribution is 5.72. The smallest absolute Gasteiger partial charge is 0.384 e. The second kappa shape index (κ2) is 7.32. The van der Waals surface area contributed by atoms with Crippen LogP contribution in [0.2, 0.25) is 0 Å².